The minimum Gasteiger partial charge on any atom is -0.314 e. The Kier molecular flexibility index (Phi) is 2.59. The predicted molar refractivity (Wildman–Crippen MR) is 43.2 cm³/mol. The van der Waals surface area contributed by atoms with Gasteiger partial charge < -0.3 is 5.32 Å². The van der Waals surface area contributed by atoms with E-state index >= 15 is 0 Å². The molecule has 0 saturated carbocycles. The molecule has 0 spiro atoms. The highest BCUT2D eigenvalue weighted by molar-refractivity contribution is 4.94. The van der Waals surface area contributed by atoms with Gasteiger partial charge in [0.2, 0.25) is 0 Å². The van der Waals surface area contributed by atoms with Crippen molar-refractivity contribution in [3.63, 3.8) is 0 Å². The Morgan fingerprint density at radius 3 is 2.91 bits per heavy atom. The van der Waals surface area contributed by atoms with Gasteiger partial charge in [0.1, 0.15) is 0 Å². The standard InChI is InChI=1S/C7H14N4/c1-6(2)11-7(4-8-3)5-9-10-11/h5-6,8H,4H2,1-3H3. The van der Waals surface area contributed by atoms with Crippen molar-refractivity contribution >= 4 is 0 Å². The zero-order valence-corrected chi connectivity index (χ0v) is 7.20. The van der Waals surface area contributed by atoms with Crippen LogP contribution in [0.4, 0.5) is 0 Å². The molecule has 0 saturated heterocycles. The van der Waals surface area contributed by atoms with E-state index in [0.717, 1.165) is 12.2 Å². The summed E-state index contributed by atoms with van der Waals surface area (Å²) in [5.41, 5.74) is 1.13. The molecular formula is C7H14N4. The van der Waals surface area contributed by atoms with Crippen molar-refractivity contribution in [3.8, 4) is 0 Å². The zero-order valence-electron chi connectivity index (χ0n) is 7.20. The van der Waals surface area contributed by atoms with Crippen molar-refractivity contribution in [1.82, 2.24) is 20.3 Å². The summed E-state index contributed by atoms with van der Waals surface area (Å²) < 4.78 is 1.91. The lowest BCUT2D eigenvalue weighted by Gasteiger charge is -2.07. The first-order valence-corrected chi connectivity index (χ1v) is 3.79. The van der Waals surface area contributed by atoms with E-state index in [9.17, 15) is 0 Å². The summed E-state index contributed by atoms with van der Waals surface area (Å²) in [7, 11) is 1.91. The van der Waals surface area contributed by atoms with Gasteiger partial charge in [-0.25, -0.2) is 4.68 Å². The summed E-state index contributed by atoms with van der Waals surface area (Å²) >= 11 is 0. The van der Waals surface area contributed by atoms with Crippen molar-refractivity contribution in [1.29, 1.82) is 0 Å². The lowest BCUT2D eigenvalue weighted by atomic mass is 10.3. The van der Waals surface area contributed by atoms with Gasteiger partial charge in [-0.15, -0.1) is 5.10 Å². The monoisotopic (exact) mass is 154 g/mol. The highest BCUT2D eigenvalue weighted by Gasteiger charge is 2.04. The molecule has 0 unspecified atom stereocenters. The van der Waals surface area contributed by atoms with Crippen LogP contribution in [-0.4, -0.2) is 22.0 Å². The normalized spacial score (nSPS) is 10.9. The van der Waals surface area contributed by atoms with E-state index in [0.29, 0.717) is 6.04 Å². The Balaban J connectivity index is 2.78. The summed E-state index contributed by atoms with van der Waals surface area (Å²) in [6, 6.07) is 0.390. The molecule has 0 aliphatic carbocycles. The fraction of sp³-hybridized carbons (Fsp3) is 0.714. The molecule has 0 atom stereocenters. The third-order valence-corrected chi connectivity index (χ3v) is 1.50. The van der Waals surface area contributed by atoms with Gasteiger partial charge >= 0.3 is 0 Å². The predicted octanol–water partition coefficient (Wildman–Crippen LogP) is 0.578. The van der Waals surface area contributed by atoms with Crippen LogP contribution in [0.5, 0.6) is 0 Å². The molecule has 0 aliphatic heterocycles. The molecule has 62 valence electrons. The first kappa shape index (κ1) is 8.20. The van der Waals surface area contributed by atoms with Crippen molar-refractivity contribution in [2.45, 2.75) is 26.4 Å². The molecule has 1 heterocycles. The number of nitrogens with zero attached hydrogens (tertiary/aromatic N) is 3. The maximum atomic E-state index is 3.96. The average Bonchev–Trinajstić information content (AvgIpc) is 2.36. The molecule has 1 aromatic rings. The molecule has 0 bridgehead atoms. The topological polar surface area (TPSA) is 42.7 Å². The Hall–Kier alpha value is -0.900. The van der Waals surface area contributed by atoms with Crippen LogP contribution in [0.1, 0.15) is 25.6 Å². The van der Waals surface area contributed by atoms with Gasteiger partial charge in [0.25, 0.3) is 0 Å². The van der Waals surface area contributed by atoms with Crippen molar-refractivity contribution in [3.05, 3.63) is 11.9 Å². The number of nitrogens with one attached hydrogen (secondary N) is 1. The molecule has 0 radical (unpaired) electrons. The number of hydrogen-bond donors (Lipinski definition) is 1. The van der Waals surface area contributed by atoms with Gasteiger partial charge in [-0.2, -0.15) is 0 Å². The third-order valence-electron chi connectivity index (χ3n) is 1.50. The summed E-state index contributed by atoms with van der Waals surface area (Å²) in [5, 5.41) is 10.9. The van der Waals surface area contributed by atoms with Crippen LogP contribution in [0.3, 0.4) is 0 Å². The molecule has 0 aliphatic rings. The van der Waals surface area contributed by atoms with Crippen LogP contribution in [-0.2, 0) is 6.54 Å². The summed E-state index contributed by atoms with van der Waals surface area (Å²) in [4.78, 5) is 0. The van der Waals surface area contributed by atoms with Crippen LogP contribution in [0.15, 0.2) is 6.20 Å². The fourth-order valence-corrected chi connectivity index (χ4v) is 1.01. The van der Waals surface area contributed by atoms with Gasteiger partial charge in [-0.05, 0) is 20.9 Å². The number of aromatic nitrogens is 3. The second-order valence-electron chi connectivity index (χ2n) is 2.79. The van der Waals surface area contributed by atoms with Crippen molar-refractivity contribution < 1.29 is 0 Å². The van der Waals surface area contributed by atoms with E-state index in [1.165, 1.54) is 0 Å². The first-order valence-electron chi connectivity index (χ1n) is 3.79. The molecule has 0 aromatic carbocycles. The number of hydrogen-bond acceptors (Lipinski definition) is 3. The fourth-order valence-electron chi connectivity index (χ4n) is 1.01. The summed E-state index contributed by atoms with van der Waals surface area (Å²) in [6.45, 7) is 5.01. The van der Waals surface area contributed by atoms with Crippen LogP contribution < -0.4 is 5.32 Å². The van der Waals surface area contributed by atoms with E-state index in [1.54, 1.807) is 6.20 Å². The van der Waals surface area contributed by atoms with E-state index in [4.69, 9.17) is 0 Å². The minimum atomic E-state index is 0.390. The van der Waals surface area contributed by atoms with Gasteiger partial charge in [0.05, 0.1) is 11.9 Å². The Bertz CT molecular complexity index is 216. The van der Waals surface area contributed by atoms with Gasteiger partial charge in [-0.3, -0.25) is 0 Å². The average molecular weight is 154 g/mol. The third kappa shape index (κ3) is 1.77. The largest absolute Gasteiger partial charge is 0.314 e. The van der Waals surface area contributed by atoms with Gasteiger partial charge in [-0.1, -0.05) is 5.21 Å². The molecule has 0 amide bonds. The van der Waals surface area contributed by atoms with E-state index < -0.39 is 0 Å². The maximum Gasteiger partial charge on any atom is 0.0738 e. The molecule has 1 N–H and O–H groups in total. The van der Waals surface area contributed by atoms with Crippen LogP contribution in [0.2, 0.25) is 0 Å². The lowest BCUT2D eigenvalue weighted by molar-refractivity contribution is 0.488. The first-order chi connectivity index (χ1) is 5.25. The van der Waals surface area contributed by atoms with Crippen LogP contribution >= 0.6 is 0 Å². The second kappa shape index (κ2) is 3.48. The maximum absolute atomic E-state index is 3.96. The quantitative estimate of drug-likeness (QED) is 0.692. The van der Waals surface area contributed by atoms with E-state index in [2.05, 4.69) is 29.5 Å². The Morgan fingerprint density at radius 2 is 2.36 bits per heavy atom. The lowest BCUT2D eigenvalue weighted by Crippen LogP contribution is -2.13. The van der Waals surface area contributed by atoms with Crippen molar-refractivity contribution in [2.75, 3.05) is 7.05 Å². The van der Waals surface area contributed by atoms with Crippen molar-refractivity contribution in [2.24, 2.45) is 0 Å². The Labute approximate surface area is 66.6 Å². The van der Waals surface area contributed by atoms with Crippen LogP contribution in [0, 0.1) is 0 Å². The highest BCUT2D eigenvalue weighted by atomic mass is 15.4. The van der Waals surface area contributed by atoms with Gasteiger partial charge in [0, 0.05) is 12.6 Å². The van der Waals surface area contributed by atoms with E-state index in [1.807, 2.05) is 11.7 Å². The summed E-state index contributed by atoms with van der Waals surface area (Å²) in [5.74, 6) is 0. The van der Waals surface area contributed by atoms with Crippen LogP contribution in [0.25, 0.3) is 0 Å². The smallest absolute Gasteiger partial charge is 0.0738 e. The van der Waals surface area contributed by atoms with E-state index in [-0.39, 0.29) is 0 Å². The molecule has 11 heavy (non-hydrogen) atoms. The highest BCUT2D eigenvalue weighted by Crippen LogP contribution is 2.04. The Morgan fingerprint density at radius 1 is 1.64 bits per heavy atom. The molecular weight excluding hydrogens is 140 g/mol. The molecule has 4 heteroatoms. The molecule has 1 aromatic heterocycles. The zero-order chi connectivity index (χ0) is 8.27. The molecule has 1 rings (SSSR count). The number of rotatable bonds is 3. The van der Waals surface area contributed by atoms with Gasteiger partial charge in [0.15, 0.2) is 0 Å². The second-order valence-corrected chi connectivity index (χ2v) is 2.79. The molecule has 4 nitrogen and oxygen atoms in total. The summed E-state index contributed by atoms with van der Waals surface area (Å²) in [6.07, 6.45) is 1.79. The SMILES string of the molecule is CNCc1cnnn1C(C)C. The minimum absolute atomic E-state index is 0.390. The molecule has 0 fully saturated rings.